The Morgan fingerprint density at radius 2 is 0.881 bits per heavy atom. The van der Waals surface area contributed by atoms with E-state index in [1.165, 1.54) is 22.3 Å². The van der Waals surface area contributed by atoms with E-state index in [1.54, 1.807) is 58.5 Å². The van der Waals surface area contributed by atoms with Crippen molar-refractivity contribution in [2.75, 3.05) is 9.80 Å². The summed E-state index contributed by atoms with van der Waals surface area (Å²) >= 11 is 0. The van der Waals surface area contributed by atoms with Crippen LogP contribution in [0.25, 0.3) is 0 Å². The minimum absolute atomic E-state index is 0.383. The highest BCUT2D eigenvalue weighted by atomic mass is 16.3. The minimum Gasteiger partial charge on any atom is -0.468 e. The lowest BCUT2D eigenvalue weighted by Crippen LogP contribution is -2.50. The van der Waals surface area contributed by atoms with E-state index >= 15 is 0 Å². The van der Waals surface area contributed by atoms with Gasteiger partial charge in [0, 0.05) is 0 Å². The summed E-state index contributed by atoms with van der Waals surface area (Å²) in [5.41, 5.74) is 2.94. The number of amides is 4. The first-order chi connectivity index (χ1) is 20.4. The fourth-order valence-electron chi connectivity index (χ4n) is 7.21. The number of rotatable bonds is 4. The molecule has 2 aromatic carbocycles. The summed E-state index contributed by atoms with van der Waals surface area (Å²) in [5, 5.41) is 3.51. The smallest absolute Gasteiger partial charge is 0.253 e. The van der Waals surface area contributed by atoms with Crippen molar-refractivity contribution in [3.8, 4) is 0 Å². The van der Waals surface area contributed by atoms with Gasteiger partial charge in [0.05, 0.1) is 47.8 Å². The molecule has 0 saturated carbocycles. The normalized spacial score (nSPS) is 29.1. The third-order valence-corrected chi connectivity index (χ3v) is 8.98. The highest BCUT2D eigenvalue weighted by molar-refractivity contribution is 6.26. The van der Waals surface area contributed by atoms with Crippen molar-refractivity contribution < 1.29 is 28.0 Å². The Bertz CT molecular complexity index is 1600. The van der Waals surface area contributed by atoms with Gasteiger partial charge in [-0.25, -0.2) is 19.8 Å². The number of hydrogen-bond acceptors (Lipinski definition) is 8. The molecule has 0 aliphatic carbocycles. The molecule has 4 aliphatic rings. The number of benzene rings is 2. The molecule has 0 bridgehead atoms. The third-order valence-electron chi connectivity index (χ3n) is 8.98. The Morgan fingerprint density at radius 3 is 1.21 bits per heavy atom. The van der Waals surface area contributed by atoms with Crippen LogP contribution >= 0.6 is 0 Å². The minimum atomic E-state index is -0.969. The van der Waals surface area contributed by atoms with Crippen molar-refractivity contribution >= 4 is 35.0 Å². The van der Waals surface area contributed by atoms with Crippen LogP contribution in [0.15, 0.2) is 94.2 Å². The van der Waals surface area contributed by atoms with Crippen LogP contribution in [0.5, 0.6) is 0 Å². The molecule has 4 aliphatic heterocycles. The quantitative estimate of drug-likeness (QED) is 0.345. The number of anilines is 2. The zero-order valence-electron chi connectivity index (χ0n) is 22.8. The molecule has 4 amide bonds. The Labute approximate surface area is 240 Å². The Morgan fingerprint density at radius 1 is 0.500 bits per heavy atom. The second-order valence-corrected chi connectivity index (χ2v) is 11.3. The number of aryl methyl sites for hydroxylation is 2. The van der Waals surface area contributed by atoms with Gasteiger partial charge in [0.1, 0.15) is 23.6 Å². The molecule has 4 aromatic rings. The number of carbonyl (C=O) groups excluding carboxylic acids is 4. The van der Waals surface area contributed by atoms with Crippen LogP contribution in [0.2, 0.25) is 0 Å². The number of furan rings is 2. The summed E-state index contributed by atoms with van der Waals surface area (Å²) in [4.78, 5) is 59.3. The van der Waals surface area contributed by atoms with E-state index in [2.05, 4.69) is 0 Å². The zero-order valence-corrected chi connectivity index (χ0v) is 22.8. The average Bonchev–Trinajstić information content (AvgIpc) is 3.81. The van der Waals surface area contributed by atoms with E-state index in [0.29, 0.717) is 22.9 Å². The van der Waals surface area contributed by atoms with Crippen molar-refractivity contribution in [1.82, 2.24) is 10.0 Å². The van der Waals surface area contributed by atoms with E-state index in [4.69, 9.17) is 8.83 Å². The molecule has 0 radical (unpaired) electrons. The predicted octanol–water partition coefficient (Wildman–Crippen LogP) is 3.93. The van der Waals surface area contributed by atoms with E-state index in [0.717, 1.165) is 11.1 Å². The Balaban J connectivity index is 1.30. The molecule has 6 heterocycles. The van der Waals surface area contributed by atoms with Crippen molar-refractivity contribution in [2.24, 2.45) is 11.8 Å². The number of carbonyl (C=O) groups is 4. The molecule has 0 unspecified atom stereocenters. The second kappa shape index (κ2) is 8.85. The van der Waals surface area contributed by atoms with Gasteiger partial charge in [-0.2, -0.15) is 0 Å². The average molecular weight is 563 g/mol. The van der Waals surface area contributed by atoms with E-state index < -0.39 is 47.8 Å². The van der Waals surface area contributed by atoms with Crippen LogP contribution in [0.1, 0.15) is 34.7 Å². The van der Waals surface area contributed by atoms with E-state index in [1.807, 2.05) is 38.1 Å². The van der Waals surface area contributed by atoms with Crippen LogP contribution in [0.4, 0.5) is 11.4 Å². The number of imide groups is 2. The Hall–Kier alpha value is -4.80. The van der Waals surface area contributed by atoms with Crippen molar-refractivity contribution in [3.05, 3.63) is 108 Å². The maximum absolute atomic E-state index is 14.3. The molecule has 10 heteroatoms. The second-order valence-electron chi connectivity index (χ2n) is 11.3. The monoisotopic (exact) mass is 562 g/mol. The fourth-order valence-corrected chi connectivity index (χ4v) is 7.21. The van der Waals surface area contributed by atoms with Gasteiger partial charge in [-0.3, -0.25) is 19.2 Å². The first-order valence-corrected chi connectivity index (χ1v) is 13.9. The zero-order chi connectivity index (χ0) is 28.9. The van der Waals surface area contributed by atoms with Crippen LogP contribution < -0.4 is 9.80 Å². The van der Waals surface area contributed by atoms with Gasteiger partial charge in [0.2, 0.25) is 11.8 Å². The number of hydrogen-bond donors (Lipinski definition) is 0. The highest BCUT2D eigenvalue weighted by Crippen LogP contribution is 2.59. The van der Waals surface area contributed by atoms with Gasteiger partial charge in [0.25, 0.3) is 11.8 Å². The maximum atomic E-state index is 14.3. The highest BCUT2D eigenvalue weighted by Gasteiger charge is 2.74. The summed E-state index contributed by atoms with van der Waals surface area (Å²) < 4.78 is 11.7. The standard InChI is InChI=1S/C32H26N4O6/c1-17-7-11-19(12-8-17)33-29(37)23-25(21-5-3-15-41-21)36-28-24(26(22-6-4-16-42-22)35(36)27(23)31(33)39)30(38)34(32(28)40)20-13-9-18(2)10-14-20/h3-16,23-28H,1-2H3/t23-,24-,25+,26+,27+,28+/m0/s1. The molecular weight excluding hydrogens is 536 g/mol. The van der Waals surface area contributed by atoms with Crippen molar-refractivity contribution in [1.29, 1.82) is 0 Å². The molecule has 0 spiro atoms. The van der Waals surface area contributed by atoms with E-state index in [-0.39, 0.29) is 11.8 Å². The van der Waals surface area contributed by atoms with Gasteiger partial charge in [0.15, 0.2) is 0 Å². The van der Waals surface area contributed by atoms with Gasteiger partial charge < -0.3 is 8.83 Å². The molecule has 210 valence electrons. The van der Waals surface area contributed by atoms with Crippen LogP contribution in [-0.4, -0.2) is 45.7 Å². The maximum Gasteiger partial charge on any atom is 0.253 e. The fraction of sp³-hybridized carbons (Fsp3) is 0.250. The lowest BCUT2D eigenvalue weighted by Gasteiger charge is -2.34. The first kappa shape index (κ1) is 25.0. The van der Waals surface area contributed by atoms with Crippen LogP contribution in [0, 0.1) is 25.7 Å². The predicted molar refractivity (Wildman–Crippen MR) is 148 cm³/mol. The molecule has 0 N–H and O–H groups in total. The summed E-state index contributed by atoms with van der Waals surface area (Å²) in [6, 6.07) is 17.8. The summed E-state index contributed by atoms with van der Waals surface area (Å²) in [6.07, 6.45) is 3.01. The number of hydrazine groups is 1. The SMILES string of the molecule is Cc1ccc(N2C(=O)[C@H]3[C@@H](c4ccco4)N4[C@H]5C(=O)N(c6ccc(C)cc6)C(=O)[C@H]5[C@@H](c5ccco5)N4[C@H]3C2=O)cc1. The van der Waals surface area contributed by atoms with Crippen molar-refractivity contribution in [2.45, 2.75) is 38.0 Å². The lowest BCUT2D eigenvalue weighted by molar-refractivity contribution is -0.136. The molecule has 2 aromatic heterocycles. The van der Waals surface area contributed by atoms with Gasteiger partial charge >= 0.3 is 0 Å². The Kier molecular flexibility index (Phi) is 5.26. The van der Waals surface area contributed by atoms with Crippen LogP contribution in [0.3, 0.4) is 0 Å². The molecule has 42 heavy (non-hydrogen) atoms. The molecule has 4 saturated heterocycles. The molecule has 6 atom stereocenters. The first-order valence-electron chi connectivity index (χ1n) is 13.9. The summed E-state index contributed by atoms with van der Waals surface area (Å²) in [5.74, 6) is -2.48. The molecule has 10 nitrogen and oxygen atoms in total. The van der Waals surface area contributed by atoms with Gasteiger partial charge in [-0.1, -0.05) is 35.4 Å². The molecular formula is C32H26N4O6. The van der Waals surface area contributed by atoms with Crippen LogP contribution in [-0.2, 0) is 19.2 Å². The lowest BCUT2D eigenvalue weighted by atomic mass is 9.87. The van der Waals surface area contributed by atoms with E-state index in [9.17, 15) is 19.2 Å². The third kappa shape index (κ3) is 3.21. The number of nitrogens with zero attached hydrogens (tertiary/aromatic N) is 4. The van der Waals surface area contributed by atoms with Crippen molar-refractivity contribution in [3.63, 3.8) is 0 Å². The summed E-state index contributed by atoms with van der Waals surface area (Å²) in [7, 11) is 0. The number of fused-ring (bicyclic) bond motifs is 5. The molecule has 8 rings (SSSR count). The topological polar surface area (TPSA) is 108 Å². The molecule has 4 fully saturated rings. The largest absolute Gasteiger partial charge is 0.468 e. The van der Waals surface area contributed by atoms with Gasteiger partial charge in [-0.05, 0) is 62.4 Å². The van der Waals surface area contributed by atoms with Gasteiger partial charge in [-0.15, -0.1) is 0 Å². The summed E-state index contributed by atoms with van der Waals surface area (Å²) in [6.45, 7) is 3.86.